The molecule has 6 heteroatoms. The van der Waals surface area contributed by atoms with Gasteiger partial charge in [-0.05, 0) is 68.0 Å². The number of fused-ring (bicyclic) bond motifs is 2. The van der Waals surface area contributed by atoms with Crippen LogP contribution in [0.2, 0.25) is 0 Å². The van der Waals surface area contributed by atoms with Crippen LogP contribution in [0.5, 0.6) is 0 Å². The van der Waals surface area contributed by atoms with Gasteiger partial charge in [-0.25, -0.2) is 9.78 Å². The standard InChI is InChI=1S/C25H25N3O3/c1-16-11-21-22(12-17(16)2)28(15-26-21)14-18-7-9-27(10-8-18)24(29)20-13-19-5-3-4-6-23(19)31-25(20)30/h3-6,11-13,15,18H,7-10,14H2,1-2H3. The van der Waals surface area contributed by atoms with E-state index < -0.39 is 5.63 Å². The fourth-order valence-electron chi connectivity index (χ4n) is 4.44. The molecule has 0 atom stereocenters. The molecule has 0 unspecified atom stereocenters. The highest BCUT2D eigenvalue weighted by Crippen LogP contribution is 2.24. The molecule has 0 bridgehead atoms. The van der Waals surface area contributed by atoms with Crippen molar-refractivity contribution in [3.8, 4) is 0 Å². The normalized spacial score (nSPS) is 15.1. The zero-order valence-electron chi connectivity index (χ0n) is 17.8. The summed E-state index contributed by atoms with van der Waals surface area (Å²) >= 11 is 0. The van der Waals surface area contributed by atoms with Crippen molar-refractivity contribution in [2.45, 2.75) is 33.2 Å². The summed E-state index contributed by atoms with van der Waals surface area (Å²) < 4.78 is 7.57. The fourth-order valence-corrected chi connectivity index (χ4v) is 4.44. The molecule has 0 aliphatic carbocycles. The zero-order valence-corrected chi connectivity index (χ0v) is 17.8. The number of likely N-dealkylation sites (tertiary alicyclic amines) is 1. The monoisotopic (exact) mass is 415 g/mol. The van der Waals surface area contributed by atoms with E-state index in [1.165, 1.54) is 11.1 Å². The van der Waals surface area contributed by atoms with E-state index in [1.807, 2.05) is 24.5 Å². The molecule has 0 saturated carbocycles. The zero-order chi connectivity index (χ0) is 21.5. The molecule has 0 spiro atoms. The third-order valence-electron chi connectivity index (χ3n) is 6.46. The second-order valence-electron chi connectivity index (χ2n) is 8.54. The Morgan fingerprint density at radius 1 is 1.10 bits per heavy atom. The van der Waals surface area contributed by atoms with Crippen LogP contribution < -0.4 is 5.63 Å². The van der Waals surface area contributed by atoms with Crippen molar-refractivity contribution in [2.24, 2.45) is 5.92 Å². The highest BCUT2D eigenvalue weighted by atomic mass is 16.4. The molecule has 1 fully saturated rings. The van der Waals surface area contributed by atoms with Crippen LogP contribution in [0, 0.1) is 19.8 Å². The molecule has 1 aliphatic rings. The van der Waals surface area contributed by atoms with E-state index in [9.17, 15) is 9.59 Å². The number of para-hydroxylation sites is 1. The largest absolute Gasteiger partial charge is 0.422 e. The molecule has 4 aromatic rings. The molecule has 0 radical (unpaired) electrons. The van der Waals surface area contributed by atoms with Gasteiger partial charge in [-0.2, -0.15) is 0 Å². The first-order chi connectivity index (χ1) is 15.0. The number of aryl methyl sites for hydroxylation is 2. The lowest BCUT2D eigenvalue weighted by Gasteiger charge is -2.32. The Labute approximate surface area is 180 Å². The number of nitrogens with zero attached hydrogens (tertiary/aromatic N) is 3. The maximum atomic E-state index is 13.0. The summed E-state index contributed by atoms with van der Waals surface area (Å²) in [5, 5.41) is 0.762. The van der Waals surface area contributed by atoms with Crippen LogP contribution in [-0.2, 0) is 6.54 Å². The number of carbonyl (C=O) groups excluding carboxylic acids is 1. The van der Waals surface area contributed by atoms with Crippen LogP contribution in [0.3, 0.4) is 0 Å². The number of imidazole rings is 1. The average molecular weight is 415 g/mol. The Balaban J connectivity index is 1.29. The van der Waals surface area contributed by atoms with Crippen LogP contribution in [0.4, 0.5) is 0 Å². The summed E-state index contributed by atoms with van der Waals surface area (Å²) in [6, 6.07) is 13.2. The highest BCUT2D eigenvalue weighted by molar-refractivity contribution is 5.96. The van der Waals surface area contributed by atoms with Crippen LogP contribution in [0.1, 0.15) is 34.3 Å². The smallest absolute Gasteiger partial charge is 0.349 e. The van der Waals surface area contributed by atoms with Crippen molar-refractivity contribution in [1.82, 2.24) is 14.5 Å². The Morgan fingerprint density at radius 3 is 2.65 bits per heavy atom. The second-order valence-corrected chi connectivity index (χ2v) is 8.54. The van der Waals surface area contributed by atoms with E-state index in [0.717, 1.165) is 35.8 Å². The Morgan fingerprint density at radius 2 is 1.84 bits per heavy atom. The van der Waals surface area contributed by atoms with E-state index in [1.54, 1.807) is 17.0 Å². The van der Waals surface area contributed by atoms with Crippen LogP contribution in [0.25, 0.3) is 22.0 Å². The molecule has 3 heterocycles. The van der Waals surface area contributed by atoms with Crippen LogP contribution in [0.15, 0.2) is 58.0 Å². The first-order valence-corrected chi connectivity index (χ1v) is 10.7. The molecule has 31 heavy (non-hydrogen) atoms. The lowest BCUT2D eigenvalue weighted by molar-refractivity contribution is 0.0679. The summed E-state index contributed by atoms with van der Waals surface area (Å²) in [5.41, 5.74) is 4.76. The summed E-state index contributed by atoms with van der Waals surface area (Å²) in [7, 11) is 0. The summed E-state index contributed by atoms with van der Waals surface area (Å²) in [6.45, 7) is 6.40. The molecule has 2 aromatic carbocycles. The van der Waals surface area contributed by atoms with Gasteiger partial charge in [-0.3, -0.25) is 4.79 Å². The van der Waals surface area contributed by atoms with Gasteiger partial charge in [0.1, 0.15) is 11.1 Å². The van der Waals surface area contributed by atoms with Crippen molar-refractivity contribution in [3.63, 3.8) is 0 Å². The third-order valence-corrected chi connectivity index (χ3v) is 6.46. The maximum Gasteiger partial charge on any atom is 0.349 e. The van der Waals surface area contributed by atoms with Crippen LogP contribution >= 0.6 is 0 Å². The molecule has 0 N–H and O–H groups in total. The summed E-state index contributed by atoms with van der Waals surface area (Å²) in [6.07, 6.45) is 3.71. The Kier molecular flexibility index (Phi) is 4.85. The number of carbonyl (C=O) groups is 1. The first-order valence-electron chi connectivity index (χ1n) is 10.7. The van der Waals surface area contributed by atoms with Crippen molar-refractivity contribution in [2.75, 3.05) is 13.1 Å². The van der Waals surface area contributed by atoms with E-state index in [2.05, 4.69) is 35.5 Å². The quantitative estimate of drug-likeness (QED) is 0.468. The molecule has 2 aromatic heterocycles. The first kappa shape index (κ1) is 19.5. The second kappa shape index (κ2) is 7.69. The minimum atomic E-state index is -0.568. The molecule has 1 aliphatic heterocycles. The molecule has 158 valence electrons. The predicted octanol–water partition coefficient (Wildman–Crippen LogP) is 4.31. The molecular formula is C25H25N3O3. The SMILES string of the molecule is Cc1cc2ncn(CC3CCN(C(=O)c4cc5ccccc5oc4=O)CC3)c2cc1C. The number of piperidine rings is 1. The molecule has 1 saturated heterocycles. The Hall–Kier alpha value is -3.41. The number of hydrogen-bond donors (Lipinski definition) is 0. The number of hydrogen-bond acceptors (Lipinski definition) is 4. The van der Waals surface area contributed by atoms with Gasteiger partial charge in [0.15, 0.2) is 0 Å². The van der Waals surface area contributed by atoms with Gasteiger partial charge in [0.05, 0.1) is 17.4 Å². The lowest BCUT2D eigenvalue weighted by atomic mass is 9.96. The topological polar surface area (TPSA) is 68.3 Å². The number of rotatable bonds is 3. The van der Waals surface area contributed by atoms with Gasteiger partial charge in [0.25, 0.3) is 5.91 Å². The fraction of sp³-hybridized carbons (Fsp3) is 0.320. The molecule has 5 rings (SSSR count). The molecule has 1 amide bonds. The van der Waals surface area contributed by atoms with Gasteiger partial charge < -0.3 is 13.9 Å². The number of benzene rings is 2. The molecular weight excluding hydrogens is 390 g/mol. The minimum absolute atomic E-state index is 0.114. The molecule has 6 nitrogen and oxygen atoms in total. The van der Waals surface area contributed by atoms with Crippen LogP contribution in [-0.4, -0.2) is 33.4 Å². The minimum Gasteiger partial charge on any atom is -0.422 e. The predicted molar refractivity (Wildman–Crippen MR) is 120 cm³/mol. The van der Waals surface area contributed by atoms with Crippen molar-refractivity contribution < 1.29 is 9.21 Å². The lowest BCUT2D eigenvalue weighted by Crippen LogP contribution is -2.40. The highest BCUT2D eigenvalue weighted by Gasteiger charge is 2.26. The number of amides is 1. The van der Waals surface area contributed by atoms with E-state index >= 15 is 0 Å². The van der Waals surface area contributed by atoms with Gasteiger partial charge >= 0.3 is 5.63 Å². The van der Waals surface area contributed by atoms with E-state index in [-0.39, 0.29) is 11.5 Å². The van der Waals surface area contributed by atoms with Gasteiger partial charge in [-0.15, -0.1) is 0 Å². The van der Waals surface area contributed by atoms with Gasteiger partial charge in [-0.1, -0.05) is 18.2 Å². The maximum absolute atomic E-state index is 13.0. The van der Waals surface area contributed by atoms with Crippen molar-refractivity contribution in [3.05, 3.63) is 75.9 Å². The van der Waals surface area contributed by atoms with E-state index in [4.69, 9.17) is 4.42 Å². The van der Waals surface area contributed by atoms with Gasteiger partial charge in [0.2, 0.25) is 0 Å². The number of aromatic nitrogens is 2. The summed E-state index contributed by atoms with van der Waals surface area (Å²) in [4.78, 5) is 31.7. The van der Waals surface area contributed by atoms with E-state index in [0.29, 0.717) is 24.6 Å². The van der Waals surface area contributed by atoms with Gasteiger partial charge in [0, 0.05) is 25.0 Å². The summed E-state index contributed by atoms with van der Waals surface area (Å²) in [5.74, 6) is 0.230. The van der Waals surface area contributed by atoms with Crippen molar-refractivity contribution in [1.29, 1.82) is 0 Å². The third kappa shape index (κ3) is 3.63. The average Bonchev–Trinajstić information content (AvgIpc) is 3.15. The Bertz CT molecular complexity index is 1340. The van der Waals surface area contributed by atoms with Crippen molar-refractivity contribution >= 4 is 27.9 Å².